The second-order valence-corrected chi connectivity index (χ2v) is 10.8. The molecule has 2 fully saturated rings. The van der Waals surface area contributed by atoms with Crippen molar-refractivity contribution in [3.63, 3.8) is 0 Å². The number of rotatable bonds is 4. The summed E-state index contributed by atoms with van der Waals surface area (Å²) in [6.45, 7) is 2.79. The summed E-state index contributed by atoms with van der Waals surface area (Å²) in [4.78, 5) is 33.6. The summed E-state index contributed by atoms with van der Waals surface area (Å²) in [5.41, 5.74) is 10.3. The lowest BCUT2D eigenvalue weighted by molar-refractivity contribution is -0.138. The maximum Gasteiger partial charge on any atom is 0.230 e. The number of hydrogen-bond acceptors (Lipinski definition) is 7. The van der Waals surface area contributed by atoms with Crippen molar-refractivity contribution in [1.29, 1.82) is 0 Å². The number of imide groups is 1. The smallest absolute Gasteiger partial charge is 0.230 e. The van der Waals surface area contributed by atoms with Crippen LogP contribution in [0.25, 0.3) is 21.3 Å². The van der Waals surface area contributed by atoms with Gasteiger partial charge in [0.25, 0.3) is 0 Å². The van der Waals surface area contributed by atoms with Crippen molar-refractivity contribution in [2.45, 2.75) is 44.3 Å². The fourth-order valence-corrected chi connectivity index (χ4v) is 6.74. The summed E-state index contributed by atoms with van der Waals surface area (Å²) in [6, 6.07) is 8.33. The largest absolute Gasteiger partial charge is 0.493 e. The van der Waals surface area contributed by atoms with Gasteiger partial charge in [-0.3, -0.25) is 24.4 Å². The van der Waals surface area contributed by atoms with Crippen LogP contribution in [-0.4, -0.2) is 52.3 Å². The highest BCUT2D eigenvalue weighted by molar-refractivity contribution is 7.19. The average molecular weight is 533 g/mol. The third-order valence-corrected chi connectivity index (χ3v) is 8.37. The molecule has 2 aromatic heterocycles. The number of ether oxygens (including phenoxy) is 1. The van der Waals surface area contributed by atoms with E-state index in [0.29, 0.717) is 31.0 Å². The molecule has 35 heavy (non-hydrogen) atoms. The maximum absolute atomic E-state index is 12.1. The Balaban J connectivity index is 0.00000253. The maximum atomic E-state index is 12.1. The first-order valence-corrected chi connectivity index (χ1v) is 12.8. The summed E-state index contributed by atoms with van der Waals surface area (Å²) < 4.78 is 7.09. The van der Waals surface area contributed by atoms with Crippen LogP contribution >= 0.6 is 35.3 Å². The van der Waals surface area contributed by atoms with Crippen LogP contribution in [0, 0.1) is 0 Å². The van der Waals surface area contributed by atoms with E-state index in [-0.39, 0.29) is 36.3 Å². The molecule has 0 saturated carbocycles. The van der Waals surface area contributed by atoms with E-state index < -0.39 is 0 Å². The standard InChI is InChI=1S/C25H25ClN4O3S.ClH/c26-14-9-18(24-20(5-8-33-21(24)10-14)29-7-4-15(27)12-29)17-3-6-28-19-11-16(34-25(17)19)13-30-22(31)1-2-23(30)32;/h3,6,9-11,15,20H,1-2,4-5,7-8,12-13,27H2;1H/t15-,20+;/m1./s1. The van der Waals surface area contributed by atoms with E-state index in [1.165, 1.54) is 4.90 Å². The number of nitrogens with two attached hydrogens (primary N) is 1. The normalized spacial score (nSPS) is 22.4. The molecule has 10 heteroatoms. The lowest BCUT2D eigenvalue weighted by atomic mass is 9.90. The van der Waals surface area contributed by atoms with E-state index in [0.717, 1.165) is 63.5 Å². The third-order valence-electron chi connectivity index (χ3n) is 7.01. The minimum atomic E-state index is -0.108. The molecule has 0 aliphatic carbocycles. The molecule has 3 aliphatic rings. The van der Waals surface area contributed by atoms with Crippen molar-refractivity contribution in [1.82, 2.24) is 14.8 Å². The Morgan fingerprint density at radius 2 is 1.94 bits per heavy atom. The molecule has 3 aliphatic heterocycles. The molecule has 5 heterocycles. The highest BCUT2D eigenvalue weighted by Crippen LogP contribution is 2.47. The van der Waals surface area contributed by atoms with Crippen LogP contribution in [0.5, 0.6) is 5.75 Å². The van der Waals surface area contributed by atoms with E-state index in [1.54, 1.807) is 17.5 Å². The quantitative estimate of drug-likeness (QED) is 0.496. The Hall–Kier alpha value is -2.23. The minimum absolute atomic E-state index is 0. The van der Waals surface area contributed by atoms with E-state index >= 15 is 0 Å². The fraction of sp³-hybridized carbons (Fsp3) is 0.400. The second kappa shape index (κ2) is 9.67. The van der Waals surface area contributed by atoms with Crippen LogP contribution in [0.1, 0.15) is 42.2 Å². The number of halogens is 2. The molecule has 6 rings (SSSR count). The molecule has 2 N–H and O–H groups in total. The molecule has 1 aromatic carbocycles. The monoisotopic (exact) mass is 532 g/mol. The first-order chi connectivity index (χ1) is 16.5. The molecule has 0 radical (unpaired) electrons. The average Bonchev–Trinajstić information content (AvgIpc) is 3.52. The molecule has 3 aromatic rings. The molecule has 2 amide bonds. The summed E-state index contributed by atoms with van der Waals surface area (Å²) in [7, 11) is 0. The minimum Gasteiger partial charge on any atom is -0.493 e. The summed E-state index contributed by atoms with van der Waals surface area (Å²) in [5.74, 6) is 0.612. The van der Waals surface area contributed by atoms with Gasteiger partial charge in [0.1, 0.15) is 5.75 Å². The number of nitrogens with zero attached hydrogens (tertiary/aromatic N) is 3. The van der Waals surface area contributed by atoms with Gasteiger partial charge in [-0.2, -0.15) is 0 Å². The molecular formula is C25H26Cl2N4O3S. The summed E-state index contributed by atoms with van der Waals surface area (Å²) in [5, 5.41) is 0.627. The topological polar surface area (TPSA) is 88.8 Å². The second-order valence-electron chi connectivity index (χ2n) is 9.22. The molecule has 0 bridgehead atoms. The fourth-order valence-electron chi connectivity index (χ4n) is 5.40. The van der Waals surface area contributed by atoms with Gasteiger partial charge in [0.15, 0.2) is 0 Å². The van der Waals surface area contributed by atoms with Crippen molar-refractivity contribution in [3.8, 4) is 16.9 Å². The lowest BCUT2D eigenvalue weighted by Crippen LogP contribution is -2.33. The van der Waals surface area contributed by atoms with Gasteiger partial charge in [-0.05, 0) is 36.2 Å². The Morgan fingerprint density at radius 3 is 2.69 bits per heavy atom. The van der Waals surface area contributed by atoms with Gasteiger partial charge >= 0.3 is 0 Å². The van der Waals surface area contributed by atoms with Crippen molar-refractivity contribution in [2.24, 2.45) is 5.73 Å². The number of amides is 2. The summed E-state index contributed by atoms with van der Waals surface area (Å²) >= 11 is 8.13. The van der Waals surface area contributed by atoms with Gasteiger partial charge in [0.2, 0.25) is 11.8 Å². The Morgan fingerprint density at radius 1 is 1.14 bits per heavy atom. The van der Waals surface area contributed by atoms with Gasteiger partial charge in [-0.15, -0.1) is 23.7 Å². The predicted octanol–water partition coefficient (Wildman–Crippen LogP) is 4.54. The third kappa shape index (κ3) is 4.42. The van der Waals surface area contributed by atoms with Gasteiger partial charge in [-0.1, -0.05) is 11.6 Å². The Bertz CT molecular complexity index is 1300. The number of carbonyl (C=O) groups excluding carboxylic acids is 2. The molecule has 184 valence electrons. The highest BCUT2D eigenvalue weighted by Gasteiger charge is 2.34. The molecular weight excluding hydrogens is 507 g/mol. The van der Waals surface area contributed by atoms with Crippen molar-refractivity contribution < 1.29 is 14.3 Å². The highest BCUT2D eigenvalue weighted by atomic mass is 35.5. The van der Waals surface area contributed by atoms with Gasteiger partial charge in [0, 0.05) is 71.7 Å². The zero-order valence-electron chi connectivity index (χ0n) is 19.0. The van der Waals surface area contributed by atoms with Gasteiger partial charge in [0.05, 0.1) is 23.4 Å². The van der Waals surface area contributed by atoms with E-state index in [2.05, 4.69) is 9.88 Å². The van der Waals surface area contributed by atoms with Crippen LogP contribution in [0.2, 0.25) is 5.02 Å². The van der Waals surface area contributed by atoms with Gasteiger partial charge < -0.3 is 10.5 Å². The Labute approximate surface area is 218 Å². The SMILES string of the molecule is Cl.N[C@@H]1CCN([C@H]2CCOc3cc(Cl)cc(-c4ccnc5cc(CN6C(=O)CCC6=O)sc45)c32)C1. The zero-order chi connectivity index (χ0) is 23.4. The number of likely N-dealkylation sites (tertiary alicyclic amines) is 2. The first-order valence-electron chi connectivity index (χ1n) is 11.6. The van der Waals surface area contributed by atoms with Crippen LogP contribution in [0.4, 0.5) is 0 Å². The van der Waals surface area contributed by atoms with E-state index in [9.17, 15) is 9.59 Å². The molecule has 0 spiro atoms. The zero-order valence-corrected chi connectivity index (χ0v) is 21.4. The predicted molar refractivity (Wildman–Crippen MR) is 139 cm³/mol. The van der Waals surface area contributed by atoms with Crippen LogP contribution in [0.3, 0.4) is 0 Å². The summed E-state index contributed by atoms with van der Waals surface area (Å²) in [6.07, 6.45) is 4.29. The number of thiophene rings is 1. The van der Waals surface area contributed by atoms with Gasteiger partial charge in [-0.25, -0.2) is 0 Å². The van der Waals surface area contributed by atoms with Crippen LogP contribution in [0.15, 0.2) is 30.5 Å². The Kier molecular flexibility index (Phi) is 6.76. The van der Waals surface area contributed by atoms with Crippen molar-refractivity contribution in [2.75, 3.05) is 19.7 Å². The van der Waals surface area contributed by atoms with E-state index in [1.807, 2.05) is 24.3 Å². The van der Waals surface area contributed by atoms with Crippen LogP contribution in [-0.2, 0) is 16.1 Å². The molecule has 0 unspecified atom stereocenters. The van der Waals surface area contributed by atoms with E-state index in [4.69, 9.17) is 22.1 Å². The molecule has 2 atom stereocenters. The molecule has 7 nitrogen and oxygen atoms in total. The lowest BCUT2D eigenvalue weighted by Gasteiger charge is -2.35. The molecule has 2 saturated heterocycles. The number of fused-ring (bicyclic) bond motifs is 2. The number of aromatic nitrogens is 1. The van der Waals surface area contributed by atoms with Crippen molar-refractivity contribution >= 4 is 57.4 Å². The number of benzene rings is 1. The van der Waals surface area contributed by atoms with Crippen LogP contribution < -0.4 is 10.5 Å². The first kappa shape index (κ1) is 24.5. The number of carbonyl (C=O) groups is 2. The number of pyridine rings is 1. The van der Waals surface area contributed by atoms with Crippen molar-refractivity contribution in [3.05, 3.63) is 45.9 Å². The number of hydrogen-bond donors (Lipinski definition) is 1.